The number of carbonyl (C=O) groups is 1. The van der Waals surface area contributed by atoms with E-state index in [1.165, 1.54) is 5.56 Å². The monoisotopic (exact) mass is 351 g/mol. The normalized spacial score (nSPS) is 10.9. The molecule has 0 bridgehead atoms. The zero-order valence-electron chi connectivity index (χ0n) is 15.8. The van der Waals surface area contributed by atoms with Crippen molar-refractivity contribution in [3.63, 3.8) is 0 Å². The first-order valence-corrected chi connectivity index (χ1v) is 8.85. The molecule has 2 heterocycles. The fourth-order valence-electron chi connectivity index (χ4n) is 3.17. The summed E-state index contributed by atoms with van der Waals surface area (Å²) in [5.41, 5.74) is 5.30. The van der Waals surface area contributed by atoms with Gasteiger partial charge in [-0.25, -0.2) is 4.68 Å². The van der Waals surface area contributed by atoms with E-state index in [1.807, 2.05) is 62.1 Å². The third-order valence-electron chi connectivity index (χ3n) is 4.67. The summed E-state index contributed by atoms with van der Waals surface area (Å²) in [6, 6.07) is 9.93. The highest BCUT2D eigenvalue weighted by Crippen LogP contribution is 2.14. The third kappa shape index (κ3) is 3.69. The Morgan fingerprint density at radius 1 is 1.19 bits per heavy atom. The Kier molecular flexibility index (Phi) is 5.21. The summed E-state index contributed by atoms with van der Waals surface area (Å²) in [7, 11) is 1.81. The number of amides is 1. The molecule has 0 aliphatic rings. The number of para-hydroxylation sites is 1. The molecule has 0 saturated heterocycles. The van der Waals surface area contributed by atoms with Crippen molar-refractivity contribution < 1.29 is 4.79 Å². The Morgan fingerprint density at radius 3 is 2.58 bits per heavy atom. The highest BCUT2D eigenvalue weighted by atomic mass is 16.2. The van der Waals surface area contributed by atoms with Gasteiger partial charge in [0.1, 0.15) is 6.54 Å². The van der Waals surface area contributed by atoms with Gasteiger partial charge in [-0.2, -0.15) is 10.2 Å². The van der Waals surface area contributed by atoms with Crippen LogP contribution in [-0.2, 0) is 24.3 Å². The summed E-state index contributed by atoms with van der Waals surface area (Å²) >= 11 is 0. The lowest BCUT2D eigenvalue weighted by atomic mass is 10.1. The number of benzene rings is 1. The van der Waals surface area contributed by atoms with Gasteiger partial charge in [0.15, 0.2) is 0 Å². The van der Waals surface area contributed by atoms with E-state index >= 15 is 0 Å². The molecule has 0 aliphatic heterocycles. The van der Waals surface area contributed by atoms with Crippen LogP contribution in [0, 0.1) is 13.8 Å². The summed E-state index contributed by atoms with van der Waals surface area (Å²) in [5, 5.41) is 8.89. The Hall–Kier alpha value is -2.89. The van der Waals surface area contributed by atoms with E-state index < -0.39 is 0 Å². The van der Waals surface area contributed by atoms with Gasteiger partial charge in [0.25, 0.3) is 0 Å². The minimum atomic E-state index is 0.0331. The van der Waals surface area contributed by atoms with Crippen molar-refractivity contribution in [3.05, 3.63) is 65.2 Å². The first-order chi connectivity index (χ1) is 12.5. The van der Waals surface area contributed by atoms with Crippen LogP contribution in [0.5, 0.6) is 0 Å². The molecule has 3 aromatic rings. The SMILES string of the molecule is CCc1c(C)nn(CC(=O)N(C)Cc2cnn(-c3ccccc3)c2)c1C. The van der Waals surface area contributed by atoms with Gasteiger partial charge in [-0.05, 0) is 38.0 Å². The van der Waals surface area contributed by atoms with Crippen molar-refractivity contribution in [2.45, 2.75) is 40.3 Å². The summed E-state index contributed by atoms with van der Waals surface area (Å²) in [4.78, 5) is 14.3. The number of hydrogen-bond acceptors (Lipinski definition) is 3. The molecule has 6 heteroatoms. The van der Waals surface area contributed by atoms with Gasteiger partial charge < -0.3 is 4.90 Å². The average molecular weight is 351 g/mol. The predicted molar refractivity (Wildman–Crippen MR) is 101 cm³/mol. The van der Waals surface area contributed by atoms with E-state index in [9.17, 15) is 4.79 Å². The number of aromatic nitrogens is 4. The predicted octanol–water partition coefficient (Wildman–Crippen LogP) is 2.91. The van der Waals surface area contributed by atoms with Crippen LogP contribution in [0.2, 0.25) is 0 Å². The highest BCUT2D eigenvalue weighted by molar-refractivity contribution is 5.75. The number of aryl methyl sites for hydroxylation is 1. The highest BCUT2D eigenvalue weighted by Gasteiger charge is 2.16. The van der Waals surface area contributed by atoms with Crippen LogP contribution in [-0.4, -0.2) is 37.4 Å². The third-order valence-corrected chi connectivity index (χ3v) is 4.67. The van der Waals surface area contributed by atoms with Crippen LogP contribution in [0.1, 0.15) is 29.4 Å². The number of rotatable bonds is 6. The Bertz CT molecular complexity index is 894. The molecule has 0 N–H and O–H groups in total. The van der Waals surface area contributed by atoms with Crippen molar-refractivity contribution in [2.24, 2.45) is 0 Å². The molecule has 1 aromatic carbocycles. The second-order valence-electron chi connectivity index (χ2n) is 6.54. The topological polar surface area (TPSA) is 56.0 Å². The Labute approximate surface area is 154 Å². The van der Waals surface area contributed by atoms with Crippen LogP contribution < -0.4 is 0 Å². The van der Waals surface area contributed by atoms with E-state index in [4.69, 9.17) is 0 Å². The smallest absolute Gasteiger partial charge is 0.244 e. The lowest BCUT2D eigenvalue weighted by molar-refractivity contribution is -0.131. The molecule has 0 radical (unpaired) electrons. The molecular weight excluding hydrogens is 326 g/mol. The van der Waals surface area contributed by atoms with Gasteiger partial charge in [0, 0.05) is 31.0 Å². The van der Waals surface area contributed by atoms with E-state index in [0.717, 1.165) is 29.1 Å². The van der Waals surface area contributed by atoms with Gasteiger partial charge in [-0.15, -0.1) is 0 Å². The van der Waals surface area contributed by atoms with Crippen LogP contribution in [0.25, 0.3) is 5.69 Å². The fraction of sp³-hybridized carbons (Fsp3) is 0.350. The minimum Gasteiger partial charge on any atom is -0.340 e. The summed E-state index contributed by atoms with van der Waals surface area (Å²) < 4.78 is 3.63. The molecule has 136 valence electrons. The average Bonchev–Trinajstić information content (AvgIpc) is 3.20. The van der Waals surface area contributed by atoms with Crippen LogP contribution >= 0.6 is 0 Å². The van der Waals surface area contributed by atoms with Crippen molar-refractivity contribution in [2.75, 3.05) is 7.05 Å². The summed E-state index contributed by atoms with van der Waals surface area (Å²) in [5.74, 6) is 0.0331. The van der Waals surface area contributed by atoms with Gasteiger partial charge in [0.2, 0.25) is 5.91 Å². The van der Waals surface area contributed by atoms with Crippen molar-refractivity contribution >= 4 is 5.91 Å². The summed E-state index contributed by atoms with van der Waals surface area (Å²) in [6.07, 6.45) is 4.69. The Morgan fingerprint density at radius 2 is 1.92 bits per heavy atom. The molecule has 0 aliphatic carbocycles. The van der Waals surface area contributed by atoms with E-state index in [2.05, 4.69) is 17.1 Å². The molecule has 2 aromatic heterocycles. The molecule has 26 heavy (non-hydrogen) atoms. The molecule has 0 spiro atoms. The zero-order valence-corrected chi connectivity index (χ0v) is 15.8. The molecule has 0 atom stereocenters. The molecule has 1 amide bonds. The van der Waals surface area contributed by atoms with E-state index in [0.29, 0.717) is 6.54 Å². The van der Waals surface area contributed by atoms with Crippen LogP contribution in [0.4, 0.5) is 0 Å². The van der Waals surface area contributed by atoms with Gasteiger partial charge >= 0.3 is 0 Å². The summed E-state index contributed by atoms with van der Waals surface area (Å²) in [6.45, 7) is 6.91. The molecule has 6 nitrogen and oxygen atoms in total. The van der Waals surface area contributed by atoms with E-state index in [1.54, 1.807) is 15.8 Å². The van der Waals surface area contributed by atoms with Crippen LogP contribution in [0.3, 0.4) is 0 Å². The van der Waals surface area contributed by atoms with Crippen molar-refractivity contribution in [1.82, 2.24) is 24.5 Å². The first-order valence-electron chi connectivity index (χ1n) is 8.85. The largest absolute Gasteiger partial charge is 0.340 e. The van der Waals surface area contributed by atoms with Gasteiger partial charge in [-0.3, -0.25) is 9.48 Å². The zero-order chi connectivity index (χ0) is 18.7. The second kappa shape index (κ2) is 7.56. The molecule has 3 rings (SSSR count). The standard InChI is InChI=1S/C20H25N5O/c1-5-19-15(2)22-24(16(19)3)14-20(26)23(4)12-17-11-21-25(13-17)18-9-7-6-8-10-18/h6-11,13H,5,12,14H2,1-4H3. The first kappa shape index (κ1) is 17.9. The number of nitrogens with zero attached hydrogens (tertiary/aromatic N) is 5. The maximum absolute atomic E-state index is 12.6. The fourth-order valence-corrected chi connectivity index (χ4v) is 3.17. The molecule has 0 unspecified atom stereocenters. The number of carbonyl (C=O) groups excluding carboxylic acids is 1. The van der Waals surface area contributed by atoms with Crippen molar-refractivity contribution in [1.29, 1.82) is 0 Å². The Balaban J connectivity index is 1.66. The quantitative estimate of drug-likeness (QED) is 0.686. The van der Waals surface area contributed by atoms with Gasteiger partial charge in [-0.1, -0.05) is 25.1 Å². The molecule has 0 saturated carbocycles. The van der Waals surface area contributed by atoms with E-state index in [-0.39, 0.29) is 12.5 Å². The number of hydrogen-bond donors (Lipinski definition) is 0. The lowest BCUT2D eigenvalue weighted by Crippen LogP contribution is -2.30. The minimum absolute atomic E-state index is 0.0331. The number of likely N-dealkylation sites (N-methyl/N-ethyl adjacent to an activating group) is 1. The molecular formula is C20H25N5O. The second-order valence-corrected chi connectivity index (χ2v) is 6.54. The van der Waals surface area contributed by atoms with Crippen LogP contribution in [0.15, 0.2) is 42.7 Å². The lowest BCUT2D eigenvalue weighted by Gasteiger charge is -2.16. The maximum atomic E-state index is 12.6. The van der Waals surface area contributed by atoms with Gasteiger partial charge in [0.05, 0.1) is 17.6 Å². The maximum Gasteiger partial charge on any atom is 0.244 e. The molecule has 0 fully saturated rings. The van der Waals surface area contributed by atoms with Crippen molar-refractivity contribution in [3.8, 4) is 5.69 Å².